The Hall–Kier alpha value is -0.900. The van der Waals surface area contributed by atoms with Crippen molar-refractivity contribution in [3.63, 3.8) is 0 Å². The highest BCUT2D eigenvalue weighted by Gasteiger charge is 2.22. The van der Waals surface area contributed by atoms with E-state index in [1.165, 1.54) is 30.4 Å². The van der Waals surface area contributed by atoms with Gasteiger partial charge in [0.25, 0.3) is 0 Å². The molecule has 1 N–H and O–H groups in total. The maximum Gasteiger partial charge on any atom is 0.0723 e. The van der Waals surface area contributed by atoms with Crippen molar-refractivity contribution in [2.45, 2.75) is 64.4 Å². The van der Waals surface area contributed by atoms with Gasteiger partial charge >= 0.3 is 0 Å². The summed E-state index contributed by atoms with van der Waals surface area (Å²) >= 11 is 0. The Bertz CT molecular complexity index is 408. The maximum absolute atomic E-state index is 6.14. The summed E-state index contributed by atoms with van der Waals surface area (Å²) in [4.78, 5) is 0. The Kier molecular flexibility index (Phi) is 7.20. The van der Waals surface area contributed by atoms with Gasteiger partial charge in [0.05, 0.1) is 18.8 Å². The first-order valence-electron chi connectivity index (χ1n) is 8.25. The van der Waals surface area contributed by atoms with E-state index in [-0.39, 0.29) is 0 Å². The molecule has 3 heteroatoms. The van der Waals surface area contributed by atoms with E-state index in [1.807, 2.05) is 7.11 Å². The fourth-order valence-corrected chi connectivity index (χ4v) is 2.95. The maximum atomic E-state index is 6.14. The zero-order valence-electron chi connectivity index (χ0n) is 13.4. The van der Waals surface area contributed by atoms with Crippen molar-refractivity contribution in [2.24, 2.45) is 0 Å². The average molecular weight is 291 g/mol. The van der Waals surface area contributed by atoms with E-state index in [2.05, 4.69) is 36.5 Å². The van der Waals surface area contributed by atoms with Crippen LogP contribution in [0.5, 0.6) is 0 Å². The Morgan fingerprint density at radius 1 is 1.14 bits per heavy atom. The lowest BCUT2D eigenvalue weighted by atomic mass is 9.95. The van der Waals surface area contributed by atoms with E-state index < -0.39 is 0 Å². The number of ether oxygens (including phenoxy) is 2. The fourth-order valence-electron chi connectivity index (χ4n) is 2.95. The molecule has 0 aromatic heterocycles. The Balaban J connectivity index is 1.84. The van der Waals surface area contributed by atoms with Gasteiger partial charge in [0.2, 0.25) is 0 Å². The van der Waals surface area contributed by atoms with Gasteiger partial charge in [-0.25, -0.2) is 0 Å². The summed E-state index contributed by atoms with van der Waals surface area (Å²) < 4.78 is 11.6. The second kappa shape index (κ2) is 9.19. The molecule has 1 aliphatic carbocycles. The summed E-state index contributed by atoms with van der Waals surface area (Å²) in [6.45, 7) is 4.90. The molecule has 0 bridgehead atoms. The number of hydrogen-bond acceptors (Lipinski definition) is 3. The number of methoxy groups -OCH3 is 1. The van der Waals surface area contributed by atoms with Crippen molar-refractivity contribution in [2.75, 3.05) is 13.7 Å². The first-order valence-corrected chi connectivity index (χ1v) is 8.25. The molecular weight excluding hydrogens is 262 g/mol. The van der Waals surface area contributed by atoms with Gasteiger partial charge in [-0.1, -0.05) is 31.2 Å². The average Bonchev–Trinajstić information content (AvgIpc) is 2.54. The zero-order valence-corrected chi connectivity index (χ0v) is 13.4. The molecule has 0 radical (unpaired) electrons. The molecule has 118 valence electrons. The topological polar surface area (TPSA) is 30.5 Å². The molecular formula is C18H29NO2. The van der Waals surface area contributed by atoms with Crippen LogP contribution in [0.25, 0.3) is 0 Å². The van der Waals surface area contributed by atoms with Crippen molar-refractivity contribution in [3.05, 3.63) is 35.4 Å². The second-order valence-corrected chi connectivity index (χ2v) is 5.90. The lowest BCUT2D eigenvalue weighted by Crippen LogP contribution is -2.27. The van der Waals surface area contributed by atoms with Crippen LogP contribution in [0, 0.1) is 0 Å². The van der Waals surface area contributed by atoms with E-state index in [9.17, 15) is 0 Å². The van der Waals surface area contributed by atoms with E-state index in [0.29, 0.717) is 18.8 Å². The van der Waals surface area contributed by atoms with E-state index in [0.717, 1.165) is 25.9 Å². The molecule has 2 unspecified atom stereocenters. The molecule has 0 amide bonds. The van der Waals surface area contributed by atoms with Gasteiger partial charge in [-0.05, 0) is 49.8 Å². The van der Waals surface area contributed by atoms with Crippen molar-refractivity contribution < 1.29 is 9.47 Å². The summed E-state index contributed by atoms with van der Waals surface area (Å²) in [5, 5.41) is 3.47. The predicted molar refractivity (Wildman–Crippen MR) is 86.3 cm³/mol. The summed E-state index contributed by atoms with van der Waals surface area (Å²) in [6.07, 6.45) is 6.48. The van der Waals surface area contributed by atoms with Crippen LogP contribution in [-0.4, -0.2) is 25.9 Å². The zero-order chi connectivity index (χ0) is 14.9. The molecule has 0 aliphatic heterocycles. The number of rotatable bonds is 8. The monoisotopic (exact) mass is 291 g/mol. The molecule has 1 aliphatic rings. The van der Waals surface area contributed by atoms with Crippen LogP contribution >= 0.6 is 0 Å². The molecule has 1 aromatic carbocycles. The van der Waals surface area contributed by atoms with Gasteiger partial charge < -0.3 is 14.8 Å². The second-order valence-electron chi connectivity index (χ2n) is 5.90. The Morgan fingerprint density at radius 2 is 1.90 bits per heavy atom. The summed E-state index contributed by atoms with van der Waals surface area (Å²) in [5.41, 5.74) is 2.66. The SMILES string of the molecule is CCCNCc1ccccc1COC1CCCC(OC)C1. The number of benzene rings is 1. The highest BCUT2D eigenvalue weighted by molar-refractivity contribution is 5.26. The number of nitrogens with one attached hydrogen (secondary N) is 1. The minimum atomic E-state index is 0.348. The minimum Gasteiger partial charge on any atom is -0.381 e. The minimum absolute atomic E-state index is 0.348. The first-order chi connectivity index (χ1) is 10.3. The Morgan fingerprint density at radius 3 is 2.67 bits per heavy atom. The van der Waals surface area contributed by atoms with Gasteiger partial charge in [0, 0.05) is 13.7 Å². The largest absolute Gasteiger partial charge is 0.381 e. The van der Waals surface area contributed by atoms with Crippen molar-refractivity contribution in [1.29, 1.82) is 0 Å². The summed E-state index contributed by atoms with van der Waals surface area (Å²) in [5.74, 6) is 0. The molecule has 0 saturated heterocycles. The third-order valence-corrected chi connectivity index (χ3v) is 4.25. The highest BCUT2D eigenvalue weighted by Crippen LogP contribution is 2.24. The smallest absolute Gasteiger partial charge is 0.0723 e. The molecule has 2 atom stereocenters. The first kappa shape index (κ1) is 16.5. The lowest BCUT2D eigenvalue weighted by Gasteiger charge is -2.28. The lowest BCUT2D eigenvalue weighted by molar-refractivity contribution is -0.0365. The van der Waals surface area contributed by atoms with Gasteiger partial charge in [-0.2, -0.15) is 0 Å². The van der Waals surface area contributed by atoms with Crippen LogP contribution < -0.4 is 5.32 Å². The van der Waals surface area contributed by atoms with Crippen molar-refractivity contribution in [3.8, 4) is 0 Å². The predicted octanol–water partition coefficient (Wildman–Crippen LogP) is 3.66. The van der Waals surface area contributed by atoms with Crippen LogP contribution in [0.1, 0.15) is 50.2 Å². The van der Waals surface area contributed by atoms with Crippen LogP contribution in [0.3, 0.4) is 0 Å². The quantitative estimate of drug-likeness (QED) is 0.741. The molecule has 1 saturated carbocycles. The number of hydrogen-bond donors (Lipinski definition) is 1. The van der Waals surface area contributed by atoms with Crippen LogP contribution in [0.15, 0.2) is 24.3 Å². The molecule has 3 nitrogen and oxygen atoms in total. The summed E-state index contributed by atoms with van der Waals surface area (Å²) in [6, 6.07) is 8.58. The molecule has 1 aromatic rings. The third-order valence-electron chi connectivity index (χ3n) is 4.25. The van der Waals surface area contributed by atoms with Crippen LogP contribution in [0.4, 0.5) is 0 Å². The van der Waals surface area contributed by atoms with Gasteiger partial charge in [0.1, 0.15) is 0 Å². The Labute approximate surface area is 129 Å². The van der Waals surface area contributed by atoms with Crippen LogP contribution in [0.2, 0.25) is 0 Å². The van der Waals surface area contributed by atoms with Gasteiger partial charge in [-0.3, -0.25) is 0 Å². The molecule has 2 rings (SSSR count). The molecule has 0 heterocycles. The van der Waals surface area contributed by atoms with Crippen LogP contribution in [-0.2, 0) is 22.6 Å². The standard InChI is InChI=1S/C18H29NO2/c1-3-11-19-13-15-7-4-5-8-16(15)14-21-18-10-6-9-17(12-18)20-2/h4-5,7-8,17-19H,3,6,9-14H2,1-2H3. The molecule has 0 spiro atoms. The van der Waals surface area contributed by atoms with E-state index >= 15 is 0 Å². The third kappa shape index (κ3) is 5.42. The normalized spacial score (nSPS) is 22.4. The fraction of sp³-hybridized carbons (Fsp3) is 0.667. The van der Waals surface area contributed by atoms with Gasteiger partial charge in [-0.15, -0.1) is 0 Å². The van der Waals surface area contributed by atoms with Gasteiger partial charge in [0.15, 0.2) is 0 Å². The van der Waals surface area contributed by atoms with E-state index in [1.54, 1.807) is 0 Å². The molecule has 1 fully saturated rings. The highest BCUT2D eigenvalue weighted by atomic mass is 16.5. The summed E-state index contributed by atoms with van der Waals surface area (Å²) in [7, 11) is 1.81. The van der Waals surface area contributed by atoms with E-state index in [4.69, 9.17) is 9.47 Å². The van der Waals surface area contributed by atoms with Crippen molar-refractivity contribution in [1.82, 2.24) is 5.32 Å². The molecule has 21 heavy (non-hydrogen) atoms. The van der Waals surface area contributed by atoms with Crippen molar-refractivity contribution >= 4 is 0 Å².